The molecule has 0 spiro atoms. The summed E-state index contributed by atoms with van der Waals surface area (Å²) in [6.45, 7) is 6.62. The highest BCUT2D eigenvalue weighted by Gasteiger charge is 2.20. The number of methoxy groups -OCH3 is 2. The van der Waals surface area contributed by atoms with Crippen LogP contribution in [0.15, 0.2) is 30.3 Å². The molecular weight excluding hydrogens is 473 g/mol. The monoisotopic (exact) mass is 502 g/mol. The van der Waals surface area contributed by atoms with Crippen LogP contribution in [0.5, 0.6) is 11.5 Å². The van der Waals surface area contributed by atoms with Gasteiger partial charge in [-0.3, -0.25) is 0 Å². The zero-order valence-electron chi connectivity index (χ0n) is 19.4. The Labute approximate surface area is 207 Å². The van der Waals surface area contributed by atoms with Gasteiger partial charge in [0.2, 0.25) is 0 Å². The van der Waals surface area contributed by atoms with E-state index in [1.54, 1.807) is 25.6 Å². The highest BCUT2D eigenvalue weighted by Crippen LogP contribution is 2.50. The number of thiophene rings is 4. The smallest absolute Gasteiger partial charge is 0.138 e. The average molecular weight is 503 g/mol. The van der Waals surface area contributed by atoms with Gasteiger partial charge >= 0.3 is 0 Å². The van der Waals surface area contributed by atoms with Crippen LogP contribution in [0, 0.1) is 13.8 Å². The van der Waals surface area contributed by atoms with Crippen molar-refractivity contribution in [1.29, 1.82) is 0 Å². The first-order chi connectivity index (χ1) is 15.5. The van der Waals surface area contributed by atoms with Gasteiger partial charge in [-0.1, -0.05) is 26.2 Å². The summed E-state index contributed by atoms with van der Waals surface area (Å²) in [7, 11) is 3.53. The minimum atomic E-state index is 0.960. The predicted octanol–water partition coefficient (Wildman–Crippen LogP) is 9.69. The largest absolute Gasteiger partial charge is 0.495 e. The third-order valence-corrected chi connectivity index (χ3v) is 10.3. The molecule has 0 saturated heterocycles. The fraction of sp³-hybridized carbons (Fsp3) is 0.385. The molecule has 6 heteroatoms. The molecule has 4 aromatic heterocycles. The van der Waals surface area contributed by atoms with Crippen LogP contribution in [0.25, 0.3) is 29.3 Å². The number of unbranched alkanes of at least 4 members (excludes halogenated alkanes) is 3. The first-order valence-corrected chi connectivity index (χ1v) is 14.3. The van der Waals surface area contributed by atoms with Gasteiger partial charge in [-0.05, 0) is 56.5 Å². The molecule has 32 heavy (non-hydrogen) atoms. The molecule has 0 aromatic carbocycles. The molecule has 0 radical (unpaired) electrons. The molecule has 0 N–H and O–H groups in total. The summed E-state index contributed by atoms with van der Waals surface area (Å²) in [5, 5.41) is 0. The first kappa shape index (κ1) is 23.6. The van der Waals surface area contributed by atoms with Crippen LogP contribution in [0.3, 0.4) is 0 Å². The molecule has 0 fully saturated rings. The van der Waals surface area contributed by atoms with Crippen LogP contribution < -0.4 is 9.47 Å². The molecule has 0 aliphatic rings. The van der Waals surface area contributed by atoms with E-state index in [-0.39, 0.29) is 0 Å². The Hall–Kier alpha value is -1.60. The summed E-state index contributed by atoms with van der Waals surface area (Å²) >= 11 is 7.37. The lowest BCUT2D eigenvalue weighted by Gasteiger charge is -2.02. The lowest BCUT2D eigenvalue weighted by molar-refractivity contribution is 0.418. The lowest BCUT2D eigenvalue weighted by atomic mass is 10.1. The number of hydrogen-bond donors (Lipinski definition) is 0. The van der Waals surface area contributed by atoms with Gasteiger partial charge in [0, 0.05) is 35.3 Å². The van der Waals surface area contributed by atoms with Crippen LogP contribution in [-0.2, 0) is 6.42 Å². The summed E-state index contributed by atoms with van der Waals surface area (Å²) < 4.78 is 11.4. The Balaban J connectivity index is 1.65. The first-order valence-electron chi connectivity index (χ1n) is 11.1. The SMILES string of the molecule is CCCCCCc1cc(C)sc1-c1cc(OC)c(-c2ccc(-c3sc(C)cc3OC)s2)s1. The maximum atomic E-state index is 5.83. The number of rotatable bonds is 10. The molecule has 0 amide bonds. The standard InChI is InChI=1S/C26H30O2S4/c1-6-7-8-9-10-18-13-16(2)29-24(18)23-15-20(28-5)26(32-23)22-12-11-21(31-22)25-19(27-4)14-17(3)30-25/h11-15H,6-10H2,1-5H3. The van der Waals surface area contributed by atoms with E-state index in [0.717, 1.165) is 17.9 Å². The fourth-order valence-electron chi connectivity index (χ4n) is 3.91. The quantitative estimate of drug-likeness (QED) is 0.201. The summed E-state index contributed by atoms with van der Waals surface area (Å²) in [5.41, 5.74) is 1.49. The number of hydrogen-bond acceptors (Lipinski definition) is 6. The third kappa shape index (κ3) is 4.98. The molecule has 0 atom stereocenters. The van der Waals surface area contributed by atoms with Crippen molar-refractivity contribution < 1.29 is 9.47 Å². The minimum Gasteiger partial charge on any atom is -0.495 e. The molecule has 0 saturated carbocycles. The molecule has 0 unspecified atom stereocenters. The van der Waals surface area contributed by atoms with Crippen molar-refractivity contribution in [2.24, 2.45) is 0 Å². The Morgan fingerprint density at radius 3 is 1.97 bits per heavy atom. The van der Waals surface area contributed by atoms with Gasteiger partial charge in [-0.2, -0.15) is 0 Å². The van der Waals surface area contributed by atoms with Crippen molar-refractivity contribution in [2.75, 3.05) is 14.2 Å². The predicted molar refractivity (Wildman–Crippen MR) is 145 cm³/mol. The van der Waals surface area contributed by atoms with E-state index >= 15 is 0 Å². The number of aryl methyl sites for hydroxylation is 3. The Morgan fingerprint density at radius 1 is 0.656 bits per heavy atom. The maximum Gasteiger partial charge on any atom is 0.138 e. The van der Waals surface area contributed by atoms with Crippen molar-refractivity contribution in [3.8, 4) is 40.8 Å². The zero-order chi connectivity index (χ0) is 22.7. The average Bonchev–Trinajstić information content (AvgIpc) is 3.55. The normalized spacial score (nSPS) is 11.3. The van der Waals surface area contributed by atoms with Crippen LogP contribution >= 0.6 is 45.3 Å². The van der Waals surface area contributed by atoms with Gasteiger partial charge < -0.3 is 9.47 Å². The maximum absolute atomic E-state index is 5.83. The highest BCUT2D eigenvalue weighted by molar-refractivity contribution is 7.28. The molecule has 4 aromatic rings. The molecule has 0 bridgehead atoms. The van der Waals surface area contributed by atoms with Crippen LogP contribution in [0.2, 0.25) is 0 Å². The second-order valence-electron chi connectivity index (χ2n) is 7.95. The van der Waals surface area contributed by atoms with Crippen LogP contribution in [-0.4, -0.2) is 14.2 Å². The third-order valence-electron chi connectivity index (χ3n) is 5.47. The second-order valence-corrected chi connectivity index (χ2v) is 12.6. The Bertz CT molecular complexity index is 1170. The molecule has 170 valence electrons. The van der Waals surface area contributed by atoms with E-state index in [1.807, 2.05) is 34.0 Å². The summed E-state index contributed by atoms with van der Waals surface area (Å²) in [6.07, 6.45) is 6.34. The summed E-state index contributed by atoms with van der Waals surface area (Å²) in [5.74, 6) is 1.93. The molecular formula is C26H30O2S4. The zero-order valence-corrected chi connectivity index (χ0v) is 22.6. The van der Waals surface area contributed by atoms with Gasteiger partial charge in [0.05, 0.1) is 24.0 Å². The van der Waals surface area contributed by atoms with Crippen molar-refractivity contribution >= 4 is 45.3 Å². The van der Waals surface area contributed by atoms with Gasteiger partial charge in [-0.15, -0.1) is 45.3 Å². The van der Waals surface area contributed by atoms with Crippen molar-refractivity contribution in [2.45, 2.75) is 52.9 Å². The van der Waals surface area contributed by atoms with Crippen LogP contribution in [0.4, 0.5) is 0 Å². The van der Waals surface area contributed by atoms with E-state index in [9.17, 15) is 0 Å². The summed E-state index contributed by atoms with van der Waals surface area (Å²) in [4.78, 5) is 10.3. The molecule has 0 aliphatic carbocycles. The van der Waals surface area contributed by atoms with Crippen LogP contribution in [0.1, 0.15) is 47.9 Å². The van der Waals surface area contributed by atoms with Gasteiger partial charge in [0.1, 0.15) is 11.5 Å². The topological polar surface area (TPSA) is 18.5 Å². The van der Waals surface area contributed by atoms with Gasteiger partial charge in [-0.25, -0.2) is 0 Å². The minimum absolute atomic E-state index is 0.960. The van der Waals surface area contributed by atoms with Crippen molar-refractivity contribution in [3.63, 3.8) is 0 Å². The van der Waals surface area contributed by atoms with Gasteiger partial charge in [0.25, 0.3) is 0 Å². The van der Waals surface area contributed by atoms with Crippen molar-refractivity contribution in [1.82, 2.24) is 0 Å². The highest BCUT2D eigenvalue weighted by atomic mass is 32.1. The van der Waals surface area contributed by atoms with E-state index in [4.69, 9.17) is 9.47 Å². The molecule has 4 heterocycles. The molecule has 2 nitrogen and oxygen atoms in total. The van der Waals surface area contributed by atoms with Crippen molar-refractivity contribution in [3.05, 3.63) is 45.6 Å². The Kier molecular flexibility index (Phi) is 7.77. The molecule has 4 rings (SSSR count). The van der Waals surface area contributed by atoms with E-state index in [0.29, 0.717) is 0 Å². The Morgan fingerprint density at radius 2 is 1.28 bits per heavy atom. The second kappa shape index (κ2) is 10.6. The lowest BCUT2D eigenvalue weighted by Crippen LogP contribution is -1.85. The van der Waals surface area contributed by atoms with E-state index in [2.05, 4.69) is 51.1 Å². The molecule has 0 aliphatic heterocycles. The number of ether oxygens (including phenoxy) is 2. The van der Waals surface area contributed by atoms with E-state index in [1.165, 1.54) is 70.3 Å². The fourth-order valence-corrected chi connectivity index (χ4v) is 8.45. The van der Waals surface area contributed by atoms with E-state index < -0.39 is 0 Å². The summed E-state index contributed by atoms with van der Waals surface area (Å²) in [6, 6.07) is 11.2. The van der Waals surface area contributed by atoms with Gasteiger partial charge in [0.15, 0.2) is 0 Å².